The number of hydrogen-bond donors (Lipinski definition) is 1. The maximum Gasteiger partial charge on any atom is 0.340 e. The SMILES string of the molecule is COC(=O)c1cnc(NC2CCCC(C)C2C)c2ccccc12. The number of rotatable bonds is 3. The van der Waals surface area contributed by atoms with Crippen molar-refractivity contribution in [2.45, 2.75) is 39.2 Å². The molecule has 1 aromatic carbocycles. The van der Waals surface area contributed by atoms with Gasteiger partial charge < -0.3 is 10.1 Å². The first-order valence-corrected chi connectivity index (χ1v) is 8.34. The molecule has 3 atom stereocenters. The minimum absolute atomic E-state index is 0.347. The molecule has 1 fully saturated rings. The van der Waals surface area contributed by atoms with Crippen molar-refractivity contribution < 1.29 is 9.53 Å². The molecule has 0 aliphatic heterocycles. The van der Waals surface area contributed by atoms with E-state index >= 15 is 0 Å². The second-order valence-corrected chi connectivity index (χ2v) is 6.58. The van der Waals surface area contributed by atoms with E-state index < -0.39 is 0 Å². The van der Waals surface area contributed by atoms with Crippen molar-refractivity contribution in [2.75, 3.05) is 12.4 Å². The highest BCUT2D eigenvalue weighted by atomic mass is 16.5. The van der Waals surface area contributed by atoms with E-state index in [4.69, 9.17) is 4.74 Å². The number of methoxy groups -OCH3 is 1. The molecule has 4 nitrogen and oxygen atoms in total. The summed E-state index contributed by atoms with van der Waals surface area (Å²) in [6, 6.07) is 8.29. The number of nitrogens with zero attached hydrogens (tertiary/aromatic N) is 1. The van der Waals surface area contributed by atoms with Gasteiger partial charge in [0.25, 0.3) is 0 Å². The van der Waals surface area contributed by atoms with E-state index in [-0.39, 0.29) is 5.97 Å². The van der Waals surface area contributed by atoms with Crippen molar-refractivity contribution >= 4 is 22.6 Å². The molecule has 1 heterocycles. The molecule has 4 heteroatoms. The lowest BCUT2D eigenvalue weighted by molar-refractivity contribution is 0.0602. The van der Waals surface area contributed by atoms with Crippen LogP contribution in [0, 0.1) is 11.8 Å². The molecule has 0 amide bonds. The zero-order valence-corrected chi connectivity index (χ0v) is 14.0. The van der Waals surface area contributed by atoms with Crippen LogP contribution in [0.4, 0.5) is 5.82 Å². The second-order valence-electron chi connectivity index (χ2n) is 6.58. The minimum Gasteiger partial charge on any atom is -0.465 e. The van der Waals surface area contributed by atoms with Crippen LogP contribution >= 0.6 is 0 Å². The number of aromatic nitrogens is 1. The summed E-state index contributed by atoms with van der Waals surface area (Å²) in [5, 5.41) is 5.48. The van der Waals surface area contributed by atoms with E-state index in [2.05, 4.69) is 24.1 Å². The molecular weight excluding hydrogens is 288 g/mol. The predicted molar refractivity (Wildman–Crippen MR) is 92.7 cm³/mol. The summed E-state index contributed by atoms with van der Waals surface area (Å²) in [5.41, 5.74) is 0.513. The van der Waals surface area contributed by atoms with Crippen LogP contribution in [0.5, 0.6) is 0 Å². The molecule has 3 unspecified atom stereocenters. The Morgan fingerprint density at radius 2 is 1.96 bits per heavy atom. The highest BCUT2D eigenvalue weighted by Crippen LogP contribution is 2.33. The van der Waals surface area contributed by atoms with Crippen LogP contribution in [-0.4, -0.2) is 24.1 Å². The van der Waals surface area contributed by atoms with E-state index in [0.717, 1.165) is 22.5 Å². The summed E-state index contributed by atoms with van der Waals surface area (Å²) < 4.78 is 4.87. The summed E-state index contributed by atoms with van der Waals surface area (Å²) in [4.78, 5) is 16.5. The third kappa shape index (κ3) is 3.03. The normalized spacial score (nSPS) is 24.4. The van der Waals surface area contributed by atoms with Gasteiger partial charge in [-0.15, -0.1) is 0 Å². The monoisotopic (exact) mass is 312 g/mol. The van der Waals surface area contributed by atoms with Gasteiger partial charge in [-0.05, 0) is 18.3 Å². The first kappa shape index (κ1) is 15.8. The maximum absolute atomic E-state index is 11.9. The average Bonchev–Trinajstić information content (AvgIpc) is 2.58. The van der Waals surface area contributed by atoms with Gasteiger partial charge in [0.1, 0.15) is 5.82 Å². The summed E-state index contributed by atoms with van der Waals surface area (Å²) in [6.07, 6.45) is 5.34. The number of nitrogens with one attached hydrogen (secondary N) is 1. The molecule has 1 aliphatic rings. The van der Waals surface area contributed by atoms with Gasteiger partial charge in [0.2, 0.25) is 0 Å². The Balaban J connectivity index is 1.97. The van der Waals surface area contributed by atoms with Crippen LogP contribution < -0.4 is 5.32 Å². The number of esters is 1. The number of fused-ring (bicyclic) bond motifs is 1. The second kappa shape index (κ2) is 6.57. The maximum atomic E-state index is 11.9. The van der Waals surface area contributed by atoms with Crippen molar-refractivity contribution in [1.82, 2.24) is 4.98 Å². The van der Waals surface area contributed by atoms with E-state index in [1.807, 2.05) is 24.3 Å². The van der Waals surface area contributed by atoms with Crippen molar-refractivity contribution in [2.24, 2.45) is 11.8 Å². The van der Waals surface area contributed by atoms with Crippen LogP contribution in [0.15, 0.2) is 30.5 Å². The van der Waals surface area contributed by atoms with Gasteiger partial charge in [-0.1, -0.05) is 51.0 Å². The minimum atomic E-state index is -0.347. The fraction of sp³-hybridized carbons (Fsp3) is 0.474. The molecule has 1 aliphatic carbocycles. The highest BCUT2D eigenvalue weighted by Gasteiger charge is 2.27. The number of anilines is 1. The molecule has 3 rings (SSSR count). The standard InChI is InChI=1S/C19H24N2O2/c1-12-7-6-10-17(13(12)2)21-18-15-9-5-4-8-14(15)16(11-20-18)19(22)23-3/h4-5,8-9,11-13,17H,6-7,10H2,1-3H3,(H,20,21). The first-order valence-electron chi connectivity index (χ1n) is 8.34. The number of benzene rings is 1. The van der Waals surface area contributed by atoms with E-state index in [9.17, 15) is 4.79 Å². The lowest BCUT2D eigenvalue weighted by atomic mass is 9.78. The summed E-state index contributed by atoms with van der Waals surface area (Å²) >= 11 is 0. The molecule has 1 saturated carbocycles. The summed E-state index contributed by atoms with van der Waals surface area (Å²) in [5.74, 6) is 1.85. The highest BCUT2D eigenvalue weighted by molar-refractivity contribution is 6.07. The van der Waals surface area contributed by atoms with Gasteiger partial charge in [-0.25, -0.2) is 9.78 Å². The molecule has 0 spiro atoms. The van der Waals surface area contributed by atoms with Crippen molar-refractivity contribution in [3.8, 4) is 0 Å². The van der Waals surface area contributed by atoms with Gasteiger partial charge in [0, 0.05) is 23.0 Å². The Morgan fingerprint density at radius 3 is 2.70 bits per heavy atom. The Kier molecular flexibility index (Phi) is 4.51. The van der Waals surface area contributed by atoms with Gasteiger partial charge >= 0.3 is 5.97 Å². The molecule has 122 valence electrons. The van der Waals surface area contributed by atoms with Gasteiger partial charge in [-0.3, -0.25) is 0 Å². The lowest BCUT2D eigenvalue weighted by Crippen LogP contribution is -2.35. The predicted octanol–water partition coefficient (Wildman–Crippen LogP) is 4.26. The molecule has 0 saturated heterocycles. The zero-order chi connectivity index (χ0) is 16.4. The quantitative estimate of drug-likeness (QED) is 0.860. The number of ether oxygens (including phenoxy) is 1. The van der Waals surface area contributed by atoms with E-state index in [1.165, 1.54) is 26.4 Å². The Hall–Kier alpha value is -2.10. The smallest absolute Gasteiger partial charge is 0.340 e. The molecular formula is C19H24N2O2. The summed E-state index contributed by atoms with van der Waals surface area (Å²) in [6.45, 7) is 4.64. The fourth-order valence-corrected chi connectivity index (χ4v) is 3.54. The van der Waals surface area contributed by atoms with Crippen molar-refractivity contribution in [3.05, 3.63) is 36.0 Å². The molecule has 0 bridgehead atoms. The van der Waals surface area contributed by atoms with Crippen LogP contribution in [0.3, 0.4) is 0 Å². The first-order chi connectivity index (χ1) is 11.1. The molecule has 0 radical (unpaired) electrons. The van der Waals surface area contributed by atoms with Crippen LogP contribution in [0.2, 0.25) is 0 Å². The van der Waals surface area contributed by atoms with Gasteiger partial charge in [0.15, 0.2) is 0 Å². The number of hydrogen-bond acceptors (Lipinski definition) is 4. The zero-order valence-electron chi connectivity index (χ0n) is 14.0. The van der Waals surface area contributed by atoms with Gasteiger partial charge in [0.05, 0.1) is 12.7 Å². The molecule has 1 N–H and O–H groups in total. The molecule has 2 aromatic rings. The number of carbonyl (C=O) groups excluding carboxylic acids is 1. The van der Waals surface area contributed by atoms with Gasteiger partial charge in [-0.2, -0.15) is 0 Å². The van der Waals surface area contributed by atoms with Crippen molar-refractivity contribution in [3.63, 3.8) is 0 Å². The molecule has 1 aromatic heterocycles. The Morgan fingerprint density at radius 1 is 1.22 bits per heavy atom. The topological polar surface area (TPSA) is 51.2 Å². The fourth-order valence-electron chi connectivity index (χ4n) is 3.54. The number of pyridine rings is 1. The average molecular weight is 312 g/mol. The van der Waals surface area contributed by atoms with Crippen molar-refractivity contribution in [1.29, 1.82) is 0 Å². The Labute approximate surface area is 137 Å². The summed E-state index contributed by atoms with van der Waals surface area (Å²) in [7, 11) is 1.40. The third-order valence-corrected chi connectivity index (χ3v) is 5.23. The number of carbonyl (C=O) groups is 1. The lowest BCUT2D eigenvalue weighted by Gasteiger charge is -2.35. The third-order valence-electron chi connectivity index (χ3n) is 5.23. The van der Waals surface area contributed by atoms with Crippen LogP contribution in [0.25, 0.3) is 10.8 Å². The molecule has 23 heavy (non-hydrogen) atoms. The largest absolute Gasteiger partial charge is 0.465 e. The van der Waals surface area contributed by atoms with Crippen LogP contribution in [0.1, 0.15) is 43.5 Å². The van der Waals surface area contributed by atoms with E-state index in [0.29, 0.717) is 17.5 Å². The Bertz CT molecular complexity index is 714. The van der Waals surface area contributed by atoms with E-state index in [1.54, 1.807) is 6.20 Å². The van der Waals surface area contributed by atoms with Crippen LogP contribution in [-0.2, 0) is 4.74 Å².